The Morgan fingerprint density at radius 2 is 1.94 bits per heavy atom. The maximum absolute atomic E-state index is 13.6. The van der Waals surface area contributed by atoms with Crippen molar-refractivity contribution in [3.8, 4) is 0 Å². The third kappa shape index (κ3) is 4.04. The topological polar surface area (TPSA) is 81.7 Å². The molecule has 0 aliphatic carbocycles. The number of benzene rings is 1. The van der Waals surface area contributed by atoms with Crippen LogP contribution in [0.4, 0.5) is 5.69 Å². The number of hydrogen-bond donors (Lipinski definition) is 0. The van der Waals surface area contributed by atoms with Gasteiger partial charge in [-0.15, -0.1) is 0 Å². The average Bonchev–Trinajstić information content (AvgIpc) is 3.31. The molecule has 1 aromatic carbocycles. The molecule has 8 nitrogen and oxygen atoms in total. The zero-order valence-electron chi connectivity index (χ0n) is 19.6. The molecule has 0 fully saturated rings. The molecule has 33 heavy (non-hydrogen) atoms. The van der Waals surface area contributed by atoms with Crippen molar-refractivity contribution in [3.63, 3.8) is 0 Å². The van der Waals surface area contributed by atoms with E-state index in [9.17, 15) is 9.59 Å². The lowest BCUT2D eigenvalue weighted by Crippen LogP contribution is -2.39. The number of thiazole rings is 1. The molecule has 3 aromatic rings. The lowest BCUT2D eigenvalue weighted by Gasteiger charge is -2.25. The molecule has 1 aliphatic rings. The van der Waals surface area contributed by atoms with E-state index < -0.39 is 12.0 Å². The summed E-state index contributed by atoms with van der Waals surface area (Å²) in [4.78, 5) is 33.5. The summed E-state index contributed by atoms with van der Waals surface area (Å²) < 4.78 is 9.05. The van der Waals surface area contributed by atoms with E-state index in [0.717, 1.165) is 29.1 Å². The zero-order valence-corrected chi connectivity index (χ0v) is 20.4. The maximum atomic E-state index is 13.6. The zero-order chi connectivity index (χ0) is 23.9. The highest BCUT2D eigenvalue weighted by molar-refractivity contribution is 7.07. The van der Waals surface area contributed by atoms with E-state index >= 15 is 0 Å². The van der Waals surface area contributed by atoms with Gasteiger partial charge in [-0.05, 0) is 44.5 Å². The molecule has 4 rings (SSSR count). The van der Waals surface area contributed by atoms with Crippen LogP contribution in [0.1, 0.15) is 36.7 Å². The quantitative estimate of drug-likeness (QED) is 0.539. The fourth-order valence-corrected chi connectivity index (χ4v) is 4.98. The summed E-state index contributed by atoms with van der Waals surface area (Å²) in [5.41, 5.74) is 4.30. The van der Waals surface area contributed by atoms with Crippen molar-refractivity contribution < 1.29 is 9.53 Å². The molecular weight excluding hydrogens is 438 g/mol. The number of methoxy groups -OCH3 is 1. The van der Waals surface area contributed by atoms with Gasteiger partial charge in [-0.1, -0.05) is 23.5 Å². The van der Waals surface area contributed by atoms with Crippen LogP contribution in [0, 0.1) is 6.92 Å². The van der Waals surface area contributed by atoms with Crippen LogP contribution in [0.5, 0.6) is 0 Å². The third-order valence-corrected chi connectivity index (χ3v) is 6.73. The monoisotopic (exact) mass is 465 g/mol. The number of fused-ring (bicyclic) bond motifs is 1. The number of esters is 1. The molecule has 0 radical (unpaired) electrons. The lowest BCUT2D eigenvalue weighted by atomic mass is 9.95. The Hall–Kier alpha value is -3.46. The molecule has 172 valence electrons. The predicted octanol–water partition coefficient (Wildman–Crippen LogP) is 2.00. The first-order chi connectivity index (χ1) is 15.7. The standard InChI is InChI=1S/C24H27N5O3S/c1-7-28-13-17(14(2)26-28)12-19-22(30)29-21(16-8-10-18(11-9-16)27(4)5)20(23(31)32-6)15(3)25-24(29)33-19/h8-13,21H,7H2,1-6H3/b19-12-/t21-/m0/s1. The maximum Gasteiger partial charge on any atom is 0.338 e. The Labute approximate surface area is 195 Å². The van der Waals surface area contributed by atoms with Crippen LogP contribution in [0.3, 0.4) is 0 Å². The molecule has 9 heteroatoms. The lowest BCUT2D eigenvalue weighted by molar-refractivity contribution is -0.136. The Morgan fingerprint density at radius 1 is 1.24 bits per heavy atom. The Kier molecular flexibility index (Phi) is 6.07. The van der Waals surface area contributed by atoms with Crippen molar-refractivity contribution in [2.24, 2.45) is 4.99 Å². The Morgan fingerprint density at radius 3 is 2.52 bits per heavy atom. The van der Waals surface area contributed by atoms with Crippen molar-refractivity contribution >= 4 is 29.1 Å². The second kappa shape index (κ2) is 8.82. The number of allylic oxidation sites excluding steroid dienone is 1. The molecule has 0 amide bonds. The minimum absolute atomic E-state index is 0.196. The number of nitrogens with zero attached hydrogens (tertiary/aromatic N) is 5. The third-order valence-electron chi connectivity index (χ3n) is 5.75. The Bertz CT molecular complexity index is 1420. The molecule has 0 unspecified atom stereocenters. The van der Waals surface area contributed by atoms with Crippen LogP contribution < -0.4 is 19.8 Å². The number of anilines is 1. The van der Waals surface area contributed by atoms with E-state index in [1.165, 1.54) is 18.4 Å². The number of aryl methyl sites for hydroxylation is 2. The largest absolute Gasteiger partial charge is 0.466 e. The first kappa shape index (κ1) is 22.7. The molecule has 3 heterocycles. The van der Waals surface area contributed by atoms with Gasteiger partial charge in [-0.2, -0.15) is 5.10 Å². The summed E-state index contributed by atoms with van der Waals surface area (Å²) in [5.74, 6) is -0.493. The van der Waals surface area contributed by atoms with E-state index in [1.54, 1.807) is 11.5 Å². The molecule has 0 spiro atoms. The fourth-order valence-electron chi connectivity index (χ4n) is 3.94. The SMILES string of the molecule is CCn1cc(/C=c2\sc3n(c2=O)[C@@H](c2ccc(N(C)C)cc2)C(C(=O)OC)=C(C)N=3)c(C)n1. The molecular formula is C24H27N5O3S. The van der Waals surface area contributed by atoms with Crippen molar-refractivity contribution in [2.75, 3.05) is 26.1 Å². The highest BCUT2D eigenvalue weighted by Crippen LogP contribution is 2.31. The number of carbonyl (C=O) groups is 1. The number of hydrogen-bond acceptors (Lipinski definition) is 7. The summed E-state index contributed by atoms with van der Waals surface area (Å²) in [6, 6.07) is 7.20. The summed E-state index contributed by atoms with van der Waals surface area (Å²) in [5, 5.41) is 4.46. The molecule has 2 aromatic heterocycles. The first-order valence-corrected chi connectivity index (χ1v) is 11.5. The summed E-state index contributed by atoms with van der Waals surface area (Å²) in [6.45, 7) is 6.47. The van der Waals surface area contributed by atoms with Crippen molar-refractivity contribution in [3.05, 3.63) is 78.2 Å². The number of carbonyl (C=O) groups excluding carboxylic acids is 1. The Balaban J connectivity index is 1.94. The van der Waals surface area contributed by atoms with Crippen LogP contribution in [-0.2, 0) is 16.1 Å². The molecule has 0 bridgehead atoms. The minimum Gasteiger partial charge on any atom is -0.466 e. The molecule has 0 saturated heterocycles. The fraction of sp³-hybridized carbons (Fsp3) is 0.333. The van der Waals surface area contributed by atoms with Crippen LogP contribution in [0.15, 0.2) is 51.5 Å². The van der Waals surface area contributed by atoms with E-state index in [-0.39, 0.29) is 5.56 Å². The van der Waals surface area contributed by atoms with Crippen molar-refractivity contribution in [1.29, 1.82) is 0 Å². The van der Waals surface area contributed by atoms with Gasteiger partial charge in [-0.3, -0.25) is 14.0 Å². The molecule has 1 atom stereocenters. The van der Waals surface area contributed by atoms with Crippen LogP contribution >= 0.6 is 11.3 Å². The van der Waals surface area contributed by atoms with Crippen LogP contribution in [-0.4, -0.2) is 41.5 Å². The van der Waals surface area contributed by atoms with Crippen molar-refractivity contribution in [1.82, 2.24) is 14.3 Å². The normalized spacial score (nSPS) is 15.9. The smallest absolute Gasteiger partial charge is 0.338 e. The van der Waals surface area contributed by atoms with Gasteiger partial charge in [0.2, 0.25) is 0 Å². The highest BCUT2D eigenvalue weighted by atomic mass is 32.1. The van der Waals surface area contributed by atoms with Gasteiger partial charge in [0.15, 0.2) is 4.80 Å². The number of rotatable bonds is 5. The van der Waals surface area contributed by atoms with E-state index in [1.807, 2.05) is 74.1 Å². The number of aromatic nitrogens is 3. The van der Waals surface area contributed by atoms with Gasteiger partial charge in [0.1, 0.15) is 0 Å². The van der Waals surface area contributed by atoms with Gasteiger partial charge >= 0.3 is 5.97 Å². The van der Waals surface area contributed by atoms with Crippen LogP contribution in [0.2, 0.25) is 0 Å². The summed E-state index contributed by atoms with van der Waals surface area (Å²) in [6.07, 6.45) is 3.78. The molecule has 0 N–H and O–H groups in total. The van der Waals surface area contributed by atoms with Gasteiger partial charge in [-0.25, -0.2) is 9.79 Å². The van der Waals surface area contributed by atoms with Gasteiger partial charge in [0.05, 0.1) is 34.6 Å². The summed E-state index contributed by atoms with van der Waals surface area (Å²) in [7, 11) is 5.27. The van der Waals surface area contributed by atoms with Crippen LogP contribution in [0.25, 0.3) is 6.08 Å². The van der Waals surface area contributed by atoms with E-state index in [2.05, 4.69) is 10.1 Å². The van der Waals surface area contributed by atoms with Gasteiger partial charge in [0.25, 0.3) is 5.56 Å². The molecule has 0 saturated carbocycles. The van der Waals surface area contributed by atoms with Gasteiger partial charge in [0, 0.05) is 38.1 Å². The second-order valence-electron chi connectivity index (χ2n) is 8.08. The molecule has 1 aliphatic heterocycles. The highest BCUT2D eigenvalue weighted by Gasteiger charge is 2.33. The number of ether oxygens (including phenoxy) is 1. The minimum atomic E-state index is -0.619. The van der Waals surface area contributed by atoms with E-state index in [0.29, 0.717) is 20.6 Å². The van der Waals surface area contributed by atoms with Crippen molar-refractivity contribution in [2.45, 2.75) is 33.4 Å². The average molecular weight is 466 g/mol. The predicted molar refractivity (Wildman–Crippen MR) is 129 cm³/mol. The first-order valence-electron chi connectivity index (χ1n) is 10.7. The second-order valence-corrected chi connectivity index (χ2v) is 9.09. The summed E-state index contributed by atoms with van der Waals surface area (Å²) >= 11 is 1.31. The van der Waals surface area contributed by atoms with Gasteiger partial charge < -0.3 is 9.64 Å². The van der Waals surface area contributed by atoms with E-state index in [4.69, 9.17) is 4.74 Å².